The number of para-hydroxylation sites is 1. The Labute approximate surface area is 170 Å². The summed E-state index contributed by atoms with van der Waals surface area (Å²) in [7, 11) is 0. The zero-order valence-electron chi connectivity index (χ0n) is 17.1. The summed E-state index contributed by atoms with van der Waals surface area (Å²) in [5.41, 5.74) is 1.34. The van der Waals surface area contributed by atoms with E-state index in [-0.39, 0.29) is 30.7 Å². The predicted octanol–water partition coefficient (Wildman–Crippen LogP) is 4.14. The third-order valence-corrected chi connectivity index (χ3v) is 3.97. The molecule has 29 heavy (non-hydrogen) atoms. The Hall–Kier alpha value is -3.35. The summed E-state index contributed by atoms with van der Waals surface area (Å²) in [4.78, 5) is 36.0. The van der Waals surface area contributed by atoms with Crippen molar-refractivity contribution in [1.29, 1.82) is 0 Å². The second-order valence-corrected chi connectivity index (χ2v) is 7.35. The normalized spacial score (nSPS) is 10.8. The van der Waals surface area contributed by atoms with E-state index < -0.39 is 11.6 Å². The number of nitrogens with one attached hydrogen (secondary N) is 2. The molecule has 7 nitrogen and oxygen atoms in total. The number of rotatable bonds is 6. The third-order valence-electron chi connectivity index (χ3n) is 3.97. The number of anilines is 1. The minimum atomic E-state index is -0.793. The first-order valence-electron chi connectivity index (χ1n) is 9.33. The van der Waals surface area contributed by atoms with Gasteiger partial charge in [-0.1, -0.05) is 39.0 Å². The lowest BCUT2D eigenvalue weighted by atomic mass is 9.95. The quantitative estimate of drug-likeness (QED) is 0.563. The van der Waals surface area contributed by atoms with Crippen LogP contribution in [-0.4, -0.2) is 24.6 Å². The molecule has 0 aromatic heterocycles. The lowest BCUT2D eigenvalue weighted by Crippen LogP contribution is -2.29. The zero-order chi connectivity index (χ0) is 21.4. The highest BCUT2D eigenvalue weighted by molar-refractivity contribution is 5.96. The lowest BCUT2D eigenvalue weighted by Gasteiger charge is -2.19. The van der Waals surface area contributed by atoms with Gasteiger partial charge in [-0.2, -0.15) is 0 Å². The monoisotopic (exact) mass is 398 g/mol. The van der Waals surface area contributed by atoms with E-state index in [1.54, 1.807) is 25.1 Å². The van der Waals surface area contributed by atoms with Gasteiger partial charge in [-0.3, -0.25) is 9.59 Å². The summed E-state index contributed by atoms with van der Waals surface area (Å²) in [6, 6.07) is 13.4. The van der Waals surface area contributed by atoms with Crippen LogP contribution in [0.5, 0.6) is 5.75 Å². The highest BCUT2D eigenvalue weighted by Crippen LogP contribution is 2.20. The summed E-state index contributed by atoms with van der Waals surface area (Å²) >= 11 is 0. The summed E-state index contributed by atoms with van der Waals surface area (Å²) in [6.07, 6.45) is -0.793. The first-order valence-corrected chi connectivity index (χ1v) is 9.33. The SMILES string of the molecule is CCOC(=O)Oc1ccc(C(=O)NCc2ccccc2NC(=O)C(C)(C)C)cc1. The van der Waals surface area contributed by atoms with Crippen molar-refractivity contribution >= 4 is 23.7 Å². The maximum Gasteiger partial charge on any atom is 0.513 e. The molecule has 0 spiro atoms. The Kier molecular flexibility index (Phi) is 7.36. The molecule has 0 saturated carbocycles. The van der Waals surface area contributed by atoms with Gasteiger partial charge < -0.3 is 20.1 Å². The number of benzene rings is 2. The summed E-state index contributed by atoms with van der Waals surface area (Å²) in [5.74, 6) is -0.103. The number of carbonyl (C=O) groups excluding carboxylic acids is 3. The van der Waals surface area contributed by atoms with E-state index in [1.165, 1.54) is 12.1 Å². The maximum absolute atomic E-state index is 12.4. The van der Waals surface area contributed by atoms with Crippen LogP contribution in [0.2, 0.25) is 0 Å². The molecule has 2 rings (SSSR count). The Morgan fingerprint density at radius 3 is 2.24 bits per heavy atom. The Morgan fingerprint density at radius 2 is 1.62 bits per heavy atom. The maximum atomic E-state index is 12.4. The van der Waals surface area contributed by atoms with E-state index in [0.717, 1.165) is 5.56 Å². The fraction of sp³-hybridized carbons (Fsp3) is 0.318. The number of amides is 2. The molecule has 0 aliphatic heterocycles. The van der Waals surface area contributed by atoms with Crippen molar-refractivity contribution < 1.29 is 23.9 Å². The van der Waals surface area contributed by atoms with Crippen LogP contribution in [-0.2, 0) is 16.1 Å². The van der Waals surface area contributed by atoms with Crippen LogP contribution in [0.3, 0.4) is 0 Å². The predicted molar refractivity (Wildman–Crippen MR) is 110 cm³/mol. The Morgan fingerprint density at radius 1 is 0.966 bits per heavy atom. The summed E-state index contributed by atoms with van der Waals surface area (Å²) < 4.78 is 9.67. The molecule has 2 aromatic carbocycles. The second-order valence-electron chi connectivity index (χ2n) is 7.35. The van der Waals surface area contributed by atoms with Gasteiger partial charge in [0.25, 0.3) is 5.91 Å². The first kappa shape index (κ1) is 21.9. The van der Waals surface area contributed by atoms with E-state index in [9.17, 15) is 14.4 Å². The molecule has 0 heterocycles. The van der Waals surface area contributed by atoms with Gasteiger partial charge in [-0.15, -0.1) is 0 Å². The number of hydrogen-bond donors (Lipinski definition) is 2. The average Bonchev–Trinajstić information content (AvgIpc) is 2.67. The van der Waals surface area contributed by atoms with Gasteiger partial charge in [0.2, 0.25) is 5.91 Å². The van der Waals surface area contributed by atoms with E-state index in [0.29, 0.717) is 11.3 Å². The number of carbonyl (C=O) groups is 3. The van der Waals surface area contributed by atoms with Crippen molar-refractivity contribution in [3.63, 3.8) is 0 Å². The minimum Gasteiger partial charge on any atom is -0.434 e. The van der Waals surface area contributed by atoms with E-state index in [4.69, 9.17) is 9.47 Å². The van der Waals surface area contributed by atoms with E-state index in [2.05, 4.69) is 10.6 Å². The van der Waals surface area contributed by atoms with Crippen LogP contribution in [0, 0.1) is 5.41 Å². The fourth-order valence-electron chi connectivity index (χ4n) is 2.30. The van der Waals surface area contributed by atoms with E-state index >= 15 is 0 Å². The average molecular weight is 398 g/mol. The topological polar surface area (TPSA) is 93.7 Å². The van der Waals surface area contributed by atoms with Crippen LogP contribution in [0.25, 0.3) is 0 Å². The van der Waals surface area contributed by atoms with Crippen molar-refractivity contribution in [3.05, 3.63) is 59.7 Å². The van der Waals surface area contributed by atoms with Crippen molar-refractivity contribution in [2.45, 2.75) is 34.2 Å². The molecule has 0 fully saturated rings. The summed E-state index contributed by atoms with van der Waals surface area (Å²) in [5, 5.41) is 5.72. The molecule has 0 aliphatic carbocycles. The number of hydrogen-bond acceptors (Lipinski definition) is 5. The van der Waals surface area contributed by atoms with Crippen LogP contribution in [0.1, 0.15) is 43.6 Å². The van der Waals surface area contributed by atoms with E-state index in [1.807, 2.05) is 39.0 Å². The third kappa shape index (κ3) is 6.64. The number of ether oxygens (including phenoxy) is 2. The largest absolute Gasteiger partial charge is 0.513 e. The molecule has 0 atom stereocenters. The highest BCUT2D eigenvalue weighted by atomic mass is 16.7. The molecule has 2 amide bonds. The van der Waals surface area contributed by atoms with Crippen LogP contribution >= 0.6 is 0 Å². The standard InChI is InChI=1S/C22H26N2O5/c1-5-28-21(27)29-17-12-10-15(11-13-17)19(25)23-14-16-8-6-7-9-18(16)24-20(26)22(2,3)4/h6-13H,5,14H2,1-4H3,(H,23,25)(H,24,26). The molecular weight excluding hydrogens is 372 g/mol. The van der Waals surface area contributed by atoms with Gasteiger partial charge in [0.1, 0.15) is 5.75 Å². The van der Waals surface area contributed by atoms with Crippen molar-refractivity contribution in [3.8, 4) is 5.75 Å². The molecule has 2 N–H and O–H groups in total. The van der Waals surface area contributed by atoms with Gasteiger partial charge >= 0.3 is 6.16 Å². The van der Waals surface area contributed by atoms with Crippen LogP contribution in [0.4, 0.5) is 10.5 Å². The van der Waals surface area contributed by atoms with Crippen LogP contribution < -0.4 is 15.4 Å². The highest BCUT2D eigenvalue weighted by Gasteiger charge is 2.22. The smallest absolute Gasteiger partial charge is 0.434 e. The van der Waals surface area contributed by atoms with Gasteiger partial charge in [0.15, 0.2) is 0 Å². The Balaban J connectivity index is 1.99. The molecule has 0 saturated heterocycles. The molecule has 154 valence electrons. The molecule has 7 heteroatoms. The molecular formula is C22H26N2O5. The molecule has 2 aromatic rings. The Bertz CT molecular complexity index is 870. The van der Waals surface area contributed by atoms with Crippen molar-refractivity contribution in [1.82, 2.24) is 5.32 Å². The summed E-state index contributed by atoms with van der Waals surface area (Å²) in [6.45, 7) is 7.66. The van der Waals surface area contributed by atoms with Gasteiger partial charge in [-0.25, -0.2) is 4.79 Å². The zero-order valence-corrected chi connectivity index (χ0v) is 17.1. The minimum absolute atomic E-state index is 0.103. The van der Waals surface area contributed by atoms with Gasteiger partial charge in [0, 0.05) is 23.2 Å². The molecule has 0 aliphatic rings. The molecule has 0 unspecified atom stereocenters. The van der Waals surface area contributed by atoms with Gasteiger partial charge in [-0.05, 0) is 42.8 Å². The van der Waals surface area contributed by atoms with Crippen LogP contribution in [0.15, 0.2) is 48.5 Å². The fourth-order valence-corrected chi connectivity index (χ4v) is 2.30. The van der Waals surface area contributed by atoms with Gasteiger partial charge in [0.05, 0.1) is 6.61 Å². The first-order chi connectivity index (χ1) is 13.7. The molecule has 0 bridgehead atoms. The lowest BCUT2D eigenvalue weighted by molar-refractivity contribution is -0.123. The van der Waals surface area contributed by atoms with Crippen molar-refractivity contribution in [2.24, 2.45) is 5.41 Å². The van der Waals surface area contributed by atoms with Crippen molar-refractivity contribution in [2.75, 3.05) is 11.9 Å². The molecule has 0 radical (unpaired) electrons. The second kappa shape index (κ2) is 9.73.